The summed E-state index contributed by atoms with van der Waals surface area (Å²) >= 11 is 0. The lowest BCUT2D eigenvalue weighted by molar-refractivity contribution is -0.0976. The number of nitrogens with one attached hydrogen (secondary N) is 1. The van der Waals surface area contributed by atoms with Crippen LogP contribution in [-0.2, 0) is 16.1 Å². The van der Waals surface area contributed by atoms with Gasteiger partial charge in [-0.25, -0.2) is 0 Å². The first kappa shape index (κ1) is 15.3. The molecule has 1 N–H and O–H groups in total. The van der Waals surface area contributed by atoms with E-state index in [-0.39, 0.29) is 5.41 Å². The summed E-state index contributed by atoms with van der Waals surface area (Å²) in [7, 11) is 0. The molecule has 1 aliphatic rings. The lowest BCUT2D eigenvalue weighted by atomic mass is 9.64. The predicted octanol–water partition coefficient (Wildman–Crippen LogP) is 3.84. The predicted molar refractivity (Wildman–Crippen MR) is 83.0 cm³/mol. The van der Waals surface area contributed by atoms with Crippen molar-refractivity contribution in [3.63, 3.8) is 0 Å². The van der Waals surface area contributed by atoms with Crippen molar-refractivity contribution in [3.8, 4) is 0 Å². The van der Waals surface area contributed by atoms with Crippen molar-refractivity contribution in [2.75, 3.05) is 18.5 Å². The second-order valence-corrected chi connectivity index (χ2v) is 5.99. The van der Waals surface area contributed by atoms with Crippen molar-refractivity contribution in [3.05, 3.63) is 29.8 Å². The highest BCUT2D eigenvalue weighted by atomic mass is 16.5. The first-order chi connectivity index (χ1) is 9.59. The fourth-order valence-electron chi connectivity index (χ4n) is 2.80. The van der Waals surface area contributed by atoms with Crippen molar-refractivity contribution in [1.29, 1.82) is 0 Å². The zero-order valence-corrected chi connectivity index (χ0v) is 13.1. The summed E-state index contributed by atoms with van der Waals surface area (Å²) < 4.78 is 11.3. The molecule has 1 fully saturated rings. The van der Waals surface area contributed by atoms with Crippen LogP contribution in [0, 0.1) is 5.41 Å². The van der Waals surface area contributed by atoms with Crippen LogP contribution < -0.4 is 5.32 Å². The molecule has 2 unspecified atom stereocenters. The third kappa shape index (κ3) is 3.15. The van der Waals surface area contributed by atoms with Crippen LogP contribution >= 0.6 is 0 Å². The topological polar surface area (TPSA) is 30.5 Å². The van der Waals surface area contributed by atoms with Crippen LogP contribution in [0.25, 0.3) is 0 Å². The number of anilines is 1. The van der Waals surface area contributed by atoms with Crippen LogP contribution in [0.4, 0.5) is 5.69 Å². The average molecular weight is 277 g/mol. The summed E-state index contributed by atoms with van der Waals surface area (Å²) in [6.45, 7) is 10.9. The van der Waals surface area contributed by atoms with Gasteiger partial charge in [-0.15, -0.1) is 0 Å². The van der Waals surface area contributed by atoms with E-state index in [4.69, 9.17) is 9.47 Å². The van der Waals surface area contributed by atoms with E-state index in [0.29, 0.717) is 18.8 Å². The van der Waals surface area contributed by atoms with Crippen LogP contribution in [0.5, 0.6) is 0 Å². The van der Waals surface area contributed by atoms with E-state index in [2.05, 4.69) is 50.4 Å². The molecule has 1 aromatic rings. The van der Waals surface area contributed by atoms with Gasteiger partial charge in [-0.2, -0.15) is 0 Å². The van der Waals surface area contributed by atoms with E-state index in [0.717, 1.165) is 19.6 Å². The zero-order chi connectivity index (χ0) is 14.6. The number of ether oxygens (including phenoxy) is 2. The molecule has 3 nitrogen and oxygen atoms in total. The van der Waals surface area contributed by atoms with Gasteiger partial charge in [0.25, 0.3) is 0 Å². The molecule has 0 bridgehead atoms. The fraction of sp³-hybridized carbons (Fsp3) is 0.647. The molecule has 0 heterocycles. The van der Waals surface area contributed by atoms with Crippen LogP contribution in [0.15, 0.2) is 24.3 Å². The Morgan fingerprint density at radius 2 is 1.95 bits per heavy atom. The van der Waals surface area contributed by atoms with Crippen LogP contribution in [-0.4, -0.2) is 25.4 Å². The molecular formula is C17H27NO2. The number of para-hydroxylation sites is 1. The van der Waals surface area contributed by atoms with Gasteiger partial charge in [-0.1, -0.05) is 32.0 Å². The lowest BCUT2D eigenvalue weighted by Gasteiger charge is -2.52. The molecule has 112 valence electrons. The standard InChI is InChI=1S/C17H27NO2/c1-5-19-12-13-9-7-8-10-14(13)18-15-11-16(20-6-2)17(15,3)4/h7-10,15-16,18H,5-6,11-12H2,1-4H3. The van der Waals surface area contributed by atoms with Crippen molar-refractivity contribution < 1.29 is 9.47 Å². The summed E-state index contributed by atoms with van der Waals surface area (Å²) in [4.78, 5) is 0. The Hall–Kier alpha value is -1.06. The Morgan fingerprint density at radius 1 is 1.20 bits per heavy atom. The van der Waals surface area contributed by atoms with E-state index in [1.807, 2.05) is 6.92 Å². The Morgan fingerprint density at radius 3 is 2.60 bits per heavy atom. The molecule has 1 saturated carbocycles. The zero-order valence-electron chi connectivity index (χ0n) is 13.1. The smallest absolute Gasteiger partial charge is 0.0736 e. The number of hydrogen-bond acceptors (Lipinski definition) is 3. The number of benzene rings is 1. The number of rotatable bonds is 7. The van der Waals surface area contributed by atoms with Gasteiger partial charge in [0, 0.05) is 35.9 Å². The second-order valence-electron chi connectivity index (χ2n) is 5.99. The van der Waals surface area contributed by atoms with Gasteiger partial charge in [-0.3, -0.25) is 0 Å². The minimum Gasteiger partial charge on any atom is -0.381 e. The van der Waals surface area contributed by atoms with Gasteiger partial charge in [0.1, 0.15) is 0 Å². The van der Waals surface area contributed by atoms with Gasteiger partial charge in [0.15, 0.2) is 0 Å². The van der Waals surface area contributed by atoms with E-state index in [1.54, 1.807) is 0 Å². The minimum atomic E-state index is 0.175. The summed E-state index contributed by atoms with van der Waals surface area (Å²) in [6, 6.07) is 8.86. The molecule has 1 aromatic carbocycles. The first-order valence-electron chi connectivity index (χ1n) is 7.63. The molecule has 1 aliphatic carbocycles. The monoisotopic (exact) mass is 277 g/mol. The molecule has 20 heavy (non-hydrogen) atoms. The lowest BCUT2D eigenvalue weighted by Crippen LogP contribution is -2.58. The van der Waals surface area contributed by atoms with Gasteiger partial charge in [0.2, 0.25) is 0 Å². The summed E-state index contributed by atoms with van der Waals surface area (Å²) in [5.74, 6) is 0. The minimum absolute atomic E-state index is 0.175. The quantitative estimate of drug-likeness (QED) is 0.821. The van der Waals surface area contributed by atoms with Crippen molar-refractivity contribution in [1.82, 2.24) is 0 Å². The van der Waals surface area contributed by atoms with Crippen molar-refractivity contribution in [2.45, 2.75) is 52.9 Å². The van der Waals surface area contributed by atoms with E-state index in [1.165, 1.54) is 11.3 Å². The molecular weight excluding hydrogens is 250 g/mol. The van der Waals surface area contributed by atoms with Gasteiger partial charge >= 0.3 is 0 Å². The van der Waals surface area contributed by atoms with E-state index >= 15 is 0 Å². The highest BCUT2D eigenvalue weighted by molar-refractivity contribution is 5.52. The largest absolute Gasteiger partial charge is 0.381 e. The maximum Gasteiger partial charge on any atom is 0.0736 e. The highest BCUT2D eigenvalue weighted by Gasteiger charge is 2.48. The maximum absolute atomic E-state index is 5.79. The summed E-state index contributed by atoms with van der Waals surface area (Å²) in [5, 5.41) is 3.67. The molecule has 0 spiro atoms. The molecule has 0 aromatic heterocycles. The van der Waals surface area contributed by atoms with Crippen molar-refractivity contribution >= 4 is 5.69 Å². The molecule has 0 saturated heterocycles. The van der Waals surface area contributed by atoms with Crippen molar-refractivity contribution in [2.24, 2.45) is 5.41 Å². The van der Waals surface area contributed by atoms with Gasteiger partial charge < -0.3 is 14.8 Å². The Bertz CT molecular complexity index is 431. The van der Waals surface area contributed by atoms with Crippen LogP contribution in [0.1, 0.15) is 39.7 Å². The van der Waals surface area contributed by atoms with Gasteiger partial charge in [0.05, 0.1) is 12.7 Å². The van der Waals surface area contributed by atoms with E-state index in [9.17, 15) is 0 Å². The molecule has 2 rings (SSSR count). The molecule has 0 aliphatic heterocycles. The normalized spacial score (nSPS) is 24.2. The summed E-state index contributed by atoms with van der Waals surface area (Å²) in [5.41, 5.74) is 2.59. The third-order valence-corrected chi connectivity index (χ3v) is 4.35. The third-order valence-electron chi connectivity index (χ3n) is 4.35. The Balaban J connectivity index is 2.01. The fourth-order valence-corrected chi connectivity index (χ4v) is 2.80. The Labute approximate surface area is 122 Å². The summed E-state index contributed by atoms with van der Waals surface area (Å²) in [6.07, 6.45) is 1.44. The number of hydrogen-bond donors (Lipinski definition) is 1. The maximum atomic E-state index is 5.79. The molecule has 2 atom stereocenters. The SMILES string of the molecule is CCOCc1ccccc1NC1CC(OCC)C1(C)C. The second kappa shape index (κ2) is 6.59. The average Bonchev–Trinajstić information content (AvgIpc) is 2.45. The molecule has 3 heteroatoms. The van der Waals surface area contributed by atoms with Crippen LogP contribution in [0.2, 0.25) is 0 Å². The Kier molecular flexibility index (Phi) is 5.06. The van der Waals surface area contributed by atoms with Crippen LogP contribution in [0.3, 0.4) is 0 Å². The first-order valence-corrected chi connectivity index (χ1v) is 7.63. The molecule has 0 radical (unpaired) electrons. The van der Waals surface area contributed by atoms with Gasteiger partial charge in [-0.05, 0) is 26.3 Å². The highest BCUT2D eigenvalue weighted by Crippen LogP contribution is 2.44. The molecule has 0 amide bonds. The van der Waals surface area contributed by atoms with E-state index < -0.39 is 0 Å².